The number of rotatable bonds is 7. The SMILES string of the molecule is O=C(Nc1cccc(CN2C(=O)CNC2=O)c1)C(Oc1ccccc1)c1ccccc1. The van der Waals surface area contributed by atoms with E-state index in [1.807, 2.05) is 48.5 Å². The van der Waals surface area contributed by atoms with E-state index in [9.17, 15) is 14.4 Å². The van der Waals surface area contributed by atoms with Crippen LogP contribution in [0.5, 0.6) is 5.75 Å². The van der Waals surface area contributed by atoms with Gasteiger partial charge in [0.15, 0.2) is 0 Å². The first-order valence-corrected chi connectivity index (χ1v) is 9.85. The molecule has 0 aromatic heterocycles. The summed E-state index contributed by atoms with van der Waals surface area (Å²) < 4.78 is 5.98. The maximum atomic E-state index is 13.1. The topological polar surface area (TPSA) is 87.7 Å². The molecular weight excluding hydrogens is 394 g/mol. The number of carbonyl (C=O) groups is 3. The number of nitrogens with one attached hydrogen (secondary N) is 2. The summed E-state index contributed by atoms with van der Waals surface area (Å²) in [5.74, 6) is -0.0270. The lowest BCUT2D eigenvalue weighted by Crippen LogP contribution is -2.30. The minimum absolute atomic E-state index is 0.00480. The Kier molecular flexibility index (Phi) is 5.93. The zero-order valence-electron chi connectivity index (χ0n) is 16.7. The van der Waals surface area contributed by atoms with Crippen LogP contribution in [0.15, 0.2) is 84.9 Å². The molecule has 3 aromatic rings. The molecule has 1 heterocycles. The van der Waals surface area contributed by atoms with Crippen LogP contribution in [0.3, 0.4) is 0 Å². The second-order valence-corrected chi connectivity index (χ2v) is 7.05. The molecule has 0 spiro atoms. The molecule has 1 saturated heterocycles. The van der Waals surface area contributed by atoms with Gasteiger partial charge in [0.1, 0.15) is 5.75 Å². The van der Waals surface area contributed by atoms with Crippen LogP contribution in [0, 0.1) is 0 Å². The maximum Gasteiger partial charge on any atom is 0.324 e. The molecule has 1 fully saturated rings. The number of hydrogen-bond donors (Lipinski definition) is 2. The second-order valence-electron chi connectivity index (χ2n) is 7.05. The van der Waals surface area contributed by atoms with Crippen LogP contribution in [0.25, 0.3) is 0 Å². The van der Waals surface area contributed by atoms with Gasteiger partial charge in [-0.05, 0) is 29.8 Å². The third-order valence-corrected chi connectivity index (χ3v) is 4.81. The number of hydrogen-bond acceptors (Lipinski definition) is 4. The van der Waals surface area contributed by atoms with Crippen molar-refractivity contribution in [2.24, 2.45) is 0 Å². The number of amides is 4. The first-order chi connectivity index (χ1) is 15.1. The normalized spacial score (nSPS) is 14.1. The number of urea groups is 1. The van der Waals surface area contributed by atoms with Crippen molar-refractivity contribution in [1.82, 2.24) is 10.2 Å². The number of carbonyl (C=O) groups excluding carboxylic acids is 3. The molecule has 3 aromatic carbocycles. The van der Waals surface area contributed by atoms with Crippen LogP contribution in [0.1, 0.15) is 17.2 Å². The Hall–Kier alpha value is -4.13. The van der Waals surface area contributed by atoms with Gasteiger partial charge in [0.05, 0.1) is 13.1 Å². The second kappa shape index (κ2) is 9.13. The van der Waals surface area contributed by atoms with Gasteiger partial charge in [-0.2, -0.15) is 0 Å². The number of ether oxygens (including phenoxy) is 1. The van der Waals surface area contributed by atoms with Crippen LogP contribution in [0.4, 0.5) is 10.5 Å². The summed E-state index contributed by atoms with van der Waals surface area (Å²) in [6.45, 7) is 0.141. The molecule has 0 aliphatic carbocycles. The number of benzene rings is 3. The molecular formula is C24H21N3O4. The predicted octanol–water partition coefficient (Wildman–Crippen LogP) is 3.50. The monoisotopic (exact) mass is 415 g/mol. The fourth-order valence-electron chi connectivity index (χ4n) is 3.29. The summed E-state index contributed by atoms with van der Waals surface area (Å²) >= 11 is 0. The molecule has 2 N–H and O–H groups in total. The highest BCUT2D eigenvalue weighted by Crippen LogP contribution is 2.24. The molecule has 0 radical (unpaired) electrons. The van der Waals surface area contributed by atoms with Crippen LogP contribution >= 0.6 is 0 Å². The summed E-state index contributed by atoms with van der Waals surface area (Å²) in [6.07, 6.45) is -0.849. The Bertz CT molecular complexity index is 1070. The molecule has 0 saturated carbocycles. The molecule has 4 rings (SSSR count). The largest absolute Gasteiger partial charge is 0.476 e. The molecule has 1 aliphatic rings. The Morgan fingerprint density at radius 2 is 1.68 bits per heavy atom. The van der Waals surface area contributed by atoms with Gasteiger partial charge in [-0.15, -0.1) is 0 Å². The van der Waals surface area contributed by atoms with E-state index in [1.165, 1.54) is 0 Å². The first-order valence-electron chi connectivity index (χ1n) is 9.85. The van der Waals surface area contributed by atoms with Crippen LogP contribution in [-0.4, -0.2) is 29.3 Å². The molecule has 4 amide bonds. The summed E-state index contributed by atoms with van der Waals surface area (Å²) in [7, 11) is 0. The predicted molar refractivity (Wildman–Crippen MR) is 115 cm³/mol. The summed E-state index contributed by atoms with van der Waals surface area (Å²) in [6, 6.07) is 25.0. The smallest absolute Gasteiger partial charge is 0.324 e. The van der Waals surface area contributed by atoms with Gasteiger partial charge in [-0.3, -0.25) is 14.5 Å². The van der Waals surface area contributed by atoms with E-state index in [0.717, 1.165) is 16.0 Å². The van der Waals surface area contributed by atoms with E-state index in [4.69, 9.17) is 4.74 Å². The van der Waals surface area contributed by atoms with Crippen molar-refractivity contribution in [3.05, 3.63) is 96.1 Å². The summed E-state index contributed by atoms with van der Waals surface area (Å²) in [5, 5.41) is 5.37. The van der Waals surface area contributed by atoms with Gasteiger partial charge >= 0.3 is 6.03 Å². The standard InChI is InChI=1S/C24H21N3O4/c28-21-15-25-24(30)27(21)16-17-8-7-11-19(14-17)26-23(29)22(18-9-3-1-4-10-18)31-20-12-5-2-6-13-20/h1-14,22H,15-16H2,(H,25,30)(H,26,29). The Balaban J connectivity index is 1.52. The van der Waals surface area contributed by atoms with Gasteiger partial charge in [0, 0.05) is 11.3 Å². The lowest BCUT2D eigenvalue weighted by Gasteiger charge is -2.20. The van der Waals surface area contributed by atoms with Crippen LogP contribution in [0.2, 0.25) is 0 Å². The quantitative estimate of drug-likeness (QED) is 0.578. The molecule has 1 unspecified atom stereocenters. The third-order valence-electron chi connectivity index (χ3n) is 4.81. The van der Waals surface area contributed by atoms with Gasteiger partial charge in [-0.25, -0.2) is 4.79 Å². The molecule has 31 heavy (non-hydrogen) atoms. The molecule has 0 bridgehead atoms. The summed E-state index contributed by atoms with van der Waals surface area (Å²) in [4.78, 5) is 37.9. The van der Waals surface area contributed by atoms with Crippen molar-refractivity contribution in [3.63, 3.8) is 0 Å². The zero-order chi connectivity index (χ0) is 21.6. The van der Waals surface area contributed by atoms with E-state index in [0.29, 0.717) is 11.4 Å². The van der Waals surface area contributed by atoms with Crippen molar-refractivity contribution in [3.8, 4) is 5.75 Å². The van der Waals surface area contributed by atoms with Crippen molar-refractivity contribution in [1.29, 1.82) is 0 Å². The summed E-state index contributed by atoms with van der Waals surface area (Å²) in [5.41, 5.74) is 2.00. The lowest BCUT2D eigenvalue weighted by atomic mass is 10.1. The fraction of sp³-hybridized carbons (Fsp3) is 0.125. The zero-order valence-corrected chi connectivity index (χ0v) is 16.7. The number of nitrogens with zero attached hydrogens (tertiary/aromatic N) is 1. The Morgan fingerprint density at radius 1 is 0.968 bits per heavy atom. The van der Waals surface area contributed by atoms with Crippen LogP contribution in [-0.2, 0) is 16.1 Å². The highest BCUT2D eigenvalue weighted by atomic mass is 16.5. The fourth-order valence-corrected chi connectivity index (χ4v) is 3.29. The van der Waals surface area contributed by atoms with Gasteiger partial charge < -0.3 is 15.4 Å². The highest BCUT2D eigenvalue weighted by molar-refractivity contribution is 6.02. The van der Waals surface area contributed by atoms with E-state index >= 15 is 0 Å². The highest BCUT2D eigenvalue weighted by Gasteiger charge is 2.28. The molecule has 1 atom stereocenters. The van der Waals surface area contributed by atoms with E-state index < -0.39 is 12.1 Å². The number of para-hydroxylation sites is 1. The van der Waals surface area contributed by atoms with Gasteiger partial charge in [0.25, 0.3) is 5.91 Å². The van der Waals surface area contributed by atoms with E-state index in [-0.39, 0.29) is 24.9 Å². The first kappa shape index (κ1) is 20.2. The Morgan fingerprint density at radius 3 is 2.35 bits per heavy atom. The van der Waals surface area contributed by atoms with Crippen molar-refractivity contribution < 1.29 is 19.1 Å². The van der Waals surface area contributed by atoms with Crippen molar-refractivity contribution in [2.45, 2.75) is 12.6 Å². The van der Waals surface area contributed by atoms with Crippen molar-refractivity contribution >= 4 is 23.5 Å². The maximum absolute atomic E-state index is 13.1. The molecule has 156 valence electrons. The van der Waals surface area contributed by atoms with Gasteiger partial charge in [-0.1, -0.05) is 60.7 Å². The average Bonchev–Trinajstić information content (AvgIpc) is 3.11. The average molecular weight is 415 g/mol. The number of imide groups is 1. The van der Waals surface area contributed by atoms with E-state index in [2.05, 4.69) is 10.6 Å². The lowest BCUT2D eigenvalue weighted by molar-refractivity contribution is -0.125. The van der Waals surface area contributed by atoms with Crippen LogP contribution < -0.4 is 15.4 Å². The number of anilines is 1. The molecule has 7 heteroatoms. The molecule has 1 aliphatic heterocycles. The minimum atomic E-state index is -0.849. The minimum Gasteiger partial charge on any atom is -0.476 e. The third kappa shape index (κ3) is 4.90. The van der Waals surface area contributed by atoms with E-state index in [1.54, 1.807) is 36.4 Å². The van der Waals surface area contributed by atoms with Gasteiger partial charge in [0.2, 0.25) is 12.0 Å². The molecule has 7 nitrogen and oxygen atoms in total. The van der Waals surface area contributed by atoms with Crippen molar-refractivity contribution in [2.75, 3.05) is 11.9 Å². The Labute approximate surface area is 179 Å².